The van der Waals surface area contributed by atoms with E-state index in [0.29, 0.717) is 11.1 Å². The van der Waals surface area contributed by atoms with Gasteiger partial charge in [-0.15, -0.1) is 0 Å². The molecule has 9 heteroatoms. The van der Waals surface area contributed by atoms with E-state index < -0.39 is 14.9 Å². The smallest absolute Gasteiger partial charge is 0.272 e. The summed E-state index contributed by atoms with van der Waals surface area (Å²) >= 11 is 0. The van der Waals surface area contributed by atoms with Gasteiger partial charge in [0, 0.05) is 25.2 Å². The van der Waals surface area contributed by atoms with Crippen molar-refractivity contribution in [3.63, 3.8) is 0 Å². The lowest BCUT2D eigenvalue weighted by atomic mass is 10.1. The van der Waals surface area contributed by atoms with Crippen LogP contribution in [0.3, 0.4) is 0 Å². The van der Waals surface area contributed by atoms with Gasteiger partial charge in [0.05, 0.1) is 4.92 Å². The Morgan fingerprint density at radius 3 is 2.48 bits per heavy atom. The van der Waals surface area contributed by atoms with Crippen molar-refractivity contribution in [3.8, 4) is 0 Å². The van der Waals surface area contributed by atoms with Gasteiger partial charge in [0.15, 0.2) is 5.76 Å². The van der Waals surface area contributed by atoms with E-state index in [9.17, 15) is 18.5 Å². The van der Waals surface area contributed by atoms with Crippen LogP contribution in [0.4, 0.5) is 5.69 Å². The molecule has 0 saturated carbocycles. The average molecular weight is 339 g/mol. The second kappa shape index (κ2) is 6.09. The second-order valence-electron chi connectivity index (χ2n) is 5.23. The van der Waals surface area contributed by atoms with Crippen LogP contribution in [0.2, 0.25) is 0 Å². The largest absolute Gasteiger partial charge is 0.360 e. The molecule has 2 aromatic rings. The lowest BCUT2D eigenvalue weighted by Crippen LogP contribution is -2.27. The van der Waals surface area contributed by atoms with Crippen molar-refractivity contribution in [1.29, 1.82) is 0 Å². The van der Waals surface area contributed by atoms with E-state index in [1.54, 1.807) is 19.9 Å². The summed E-state index contributed by atoms with van der Waals surface area (Å²) in [5, 5.41) is 14.6. The summed E-state index contributed by atoms with van der Waals surface area (Å²) in [7, 11) is -2.38. The molecule has 0 radical (unpaired) electrons. The molecule has 0 atom stereocenters. The highest BCUT2D eigenvalue weighted by Crippen LogP contribution is 2.26. The number of sulfonamides is 1. The molecule has 2 rings (SSSR count). The van der Waals surface area contributed by atoms with Crippen LogP contribution in [0.1, 0.15) is 22.6 Å². The maximum absolute atomic E-state index is 12.7. The first-order valence-electron chi connectivity index (χ1n) is 6.78. The van der Waals surface area contributed by atoms with Crippen LogP contribution < -0.4 is 0 Å². The maximum atomic E-state index is 12.7. The first-order valence-corrected chi connectivity index (χ1v) is 8.22. The zero-order chi connectivity index (χ0) is 17.4. The molecule has 0 bridgehead atoms. The van der Waals surface area contributed by atoms with Crippen LogP contribution >= 0.6 is 0 Å². The predicted octanol–water partition coefficient (Wildman–Crippen LogP) is 2.33. The molecule has 0 unspecified atom stereocenters. The second-order valence-corrected chi connectivity index (χ2v) is 7.21. The topological polar surface area (TPSA) is 107 Å². The van der Waals surface area contributed by atoms with Crippen LogP contribution in [0.15, 0.2) is 27.6 Å². The molecule has 0 saturated heterocycles. The molecule has 0 amide bonds. The summed E-state index contributed by atoms with van der Waals surface area (Å²) in [5.41, 5.74) is 1.26. The Hall–Kier alpha value is -2.26. The highest BCUT2D eigenvalue weighted by molar-refractivity contribution is 7.89. The Bertz CT molecular complexity index is 838. The van der Waals surface area contributed by atoms with Gasteiger partial charge in [-0.3, -0.25) is 10.1 Å². The Kier molecular flexibility index (Phi) is 4.53. The summed E-state index contributed by atoms with van der Waals surface area (Å²) < 4.78 is 31.4. The van der Waals surface area contributed by atoms with E-state index in [-0.39, 0.29) is 28.6 Å². The van der Waals surface area contributed by atoms with Crippen molar-refractivity contribution < 1.29 is 17.9 Å². The van der Waals surface area contributed by atoms with E-state index in [2.05, 4.69) is 5.16 Å². The summed E-state index contributed by atoms with van der Waals surface area (Å²) in [6.45, 7) is 4.69. The number of hydrogen-bond acceptors (Lipinski definition) is 6. The molecular weight excluding hydrogens is 322 g/mol. The van der Waals surface area contributed by atoms with Gasteiger partial charge in [-0.2, -0.15) is 4.31 Å². The molecule has 8 nitrogen and oxygen atoms in total. The zero-order valence-electron chi connectivity index (χ0n) is 13.2. The summed E-state index contributed by atoms with van der Waals surface area (Å²) in [6, 6.07) is 4.60. The van der Waals surface area contributed by atoms with Crippen molar-refractivity contribution >= 4 is 15.7 Å². The van der Waals surface area contributed by atoms with Crippen molar-refractivity contribution in [2.75, 3.05) is 7.05 Å². The molecule has 0 aliphatic rings. The fourth-order valence-electron chi connectivity index (χ4n) is 2.36. The van der Waals surface area contributed by atoms with Gasteiger partial charge in [0.1, 0.15) is 10.6 Å². The highest BCUT2D eigenvalue weighted by atomic mass is 32.2. The molecule has 0 fully saturated rings. The van der Waals surface area contributed by atoms with Gasteiger partial charge in [0.2, 0.25) is 10.0 Å². The summed E-state index contributed by atoms with van der Waals surface area (Å²) in [5.74, 6) is 0.213. The monoisotopic (exact) mass is 339 g/mol. The first-order chi connectivity index (χ1) is 10.7. The number of aromatic nitrogens is 1. The fraction of sp³-hybridized carbons (Fsp3) is 0.357. The zero-order valence-corrected chi connectivity index (χ0v) is 14.0. The van der Waals surface area contributed by atoms with Crippen LogP contribution in [-0.4, -0.2) is 29.9 Å². The number of hydrogen-bond donors (Lipinski definition) is 0. The Morgan fingerprint density at radius 1 is 1.30 bits per heavy atom. The normalized spacial score (nSPS) is 11.9. The molecule has 0 N–H and O–H groups in total. The van der Waals surface area contributed by atoms with Crippen molar-refractivity contribution in [2.24, 2.45) is 0 Å². The molecule has 1 heterocycles. The minimum Gasteiger partial charge on any atom is -0.360 e. The van der Waals surface area contributed by atoms with Crippen LogP contribution in [0.5, 0.6) is 0 Å². The lowest BCUT2D eigenvalue weighted by molar-refractivity contribution is -0.385. The van der Waals surface area contributed by atoms with E-state index in [0.717, 1.165) is 4.31 Å². The van der Waals surface area contributed by atoms with Crippen molar-refractivity contribution in [2.45, 2.75) is 32.2 Å². The highest BCUT2D eigenvalue weighted by Gasteiger charge is 2.29. The molecular formula is C14H17N3O5S. The van der Waals surface area contributed by atoms with Gasteiger partial charge in [-0.25, -0.2) is 8.42 Å². The van der Waals surface area contributed by atoms with Gasteiger partial charge >= 0.3 is 0 Å². The van der Waals surface area contributed by atoms with Crippen molar-refractivity contribution in [3.05, 3.63) is 50.9 Å². The number of nitro benzene ring substituents is 1. The van der Waals surface area contributed by atoms with Gasteiger partial charge in [0.25, 0.3) is 5.69 Å². The quantitative estimate of drug-likeness (QED) is 0.611. The maximum Gasteiger partial charge on any atom is 0.272 e. The molecule has 23 heavy (non-hydrogen) atoms. The standard InChI is InChI=1S/C14H17N3O5S/c1-9-12(6-5-7-13(9)17(18)19)8-16(4)23(20,21)14-10(2)15-22-11(14)3/h5-7H,8H2,1-4H3. The van der Waals surface area contributed by atoms with Crippen LogP contribution in [0.25, 0.3) is 0 Å². The lowest BCUT2D eigenvalue weighted by Gasteiger charge is -2.18. The molecule has 124 valence electrons. The van der Waals surface area contributed by atoms with Crippen LogP contribution in [-0.2, 0) is 16.6 Å². The molecule has 0 aliphatic heterocycles. The third-order valence-corrected chi connectivity index (χ3v) is 5.69. The minimum atomic E-state index is -3.80. The number of nitro groups is 1. The van der Waals surface area contributed by atoms with Crippen molar-refractivity contribution in [1.82, 2.24) is 9.46 Å². The predicted molar refractivity (Wildman–Crippen MR) is 82.5 cm³/mol. The molecule has 0 aliphatic carbocycles. The fourth-order valence-corrected chi connectivity index (χ4v) is 3.79. The Morgan fingerprint density at radius 2 is 1.96 bits per heavy atom. The van der Waals surface area contributed by atoms with E-state index in [1.807, 2.05) is 0 Å². The minimum absolute atomic E-state index is 0.0138. The number of nitrogens with zero attached hydrogens (tertiary/aromatic N) is 3. The Labute approximate surface area is 133 Å². The first kappa shape index (κ1) is 17.1. The molecule has 0 spiro atoms. The van der Waals surface area contributed by atoms with Gasteiger partial charge < -0.3 is 4.52 Å². The third kappa shape index (κ3) is 3.10. The Balaban J connectivity index is 2.38. The third-order valence-electron chi connectivity index (χ3n) is 3.64. The summed E-state index contributed by atoms with van der Waals surface area (Å²) in [4.78, 5) is 10.5. The molecule has 1 aromatic heterocycles. The SMILES string of the molecule is Cc1noc(C)c1S(=O)(=O)N(C)Cc1cccc([N+](=O)[O-])c1C. The van der Waals surface area contributed by atoms with Gasteiger partial charge in [-0.05, 0) is 26.3 Å². The number of rotatable bonds is 5. The van der Waals surface area contributed by atoms with Crippen LogP contribution in [0, 0.1) is 30.9 Å². The number of benzene rings is 1. The number of aryl methyl sites for hydroxylation is 2. The summed E-state index contributed by atoms with van der Waals surface area (Å²) in [6.07, 6.45) is 0. The molecule has 1 aromatic carbocycles. The van der Waals surface area contributed by atoms with E-state index in [4.69, 9.17) is 4.52 Å². The van der Waals surface area contributed by atoms with Gasteiger partial charge in [-0.1, -0.05) is 17.3 Å². The van der Waals surface area contributed by atoms with E-state index in [1.165, 1.54) is 26.1 Å². The van der Waals surface area contributed by atoms with E-state index >= 15 is 0 Å². The average Bonchev–Trinajstić information content (AvgIpc) is 2.80.